The summed E-state index contributed by atoms with van der Waals surface area (Å²) in [5.41, 5.74) is 0.529. The normalized spacial score (nSPS) is 10.9. The molecule has 0 bridgehead atoms. The molecule has 1 aromatic carbocycles. The number of hydrogen-bond donors (Lipinski definition) is 1. The minimum atomic E-state index is -0.445. The first kappa shape index (κ1) is 23.7. The number of unbranched alkanes of at least 4 members (excludes halogenated alkanes) is 13. The molecule has 0 amide bonds. The van der Waals surface area contributed by atoms with Crippen LogP contribution in [0.2, 0.25) is 0 Å². The van der Waals surface area contributed by atoms with Crippen LogP contribution in [-0.2, 0) is 0 Å². The summed E-state index contributed by atoms with van der Waals surface area (Å²) >= 11 is 0. The standard InChI is InChI=1S/C24H40O3/c1-2-3-4-5-6-7-8-9-10-11-12-13-14-15-20-27-23-18-16-22(17-19-23)24(26)21-25/h16-19,25H,2-15,20-21H2,1H3. The lowest BCUT2D eigenvalue weighted by atomic mass is 10.0. The maximum atomic E-state index is 11.3. The minimum absolute atomic E-state index is 0.256. The number of ether oxygens (including phenoxy) is 1. The van der Waals surface area contributed by atoms with Crippen molar-refractivity contribution in [2.45, 2.75) is 96.8 Å². The summed E-state index contributed by atoms with van der Waals surface area (Å²) < 4.78 is 5.71. The van der Waals surface area contributed by atoms with Crippen LogP contribution in [0.15, 0.2) is 24.3 Å². The van der Waals surface area contributed by atoms with Crippen LogP contribution in [-0.4, -0.2) is 24.1 Å². The van der Waals surface area contributed by atoms with Gasteiger partial charge in [0, 0.05) is 5.56 Å². The van der Waals surface area contributed by atoms with Gasteiger partial charge in [0.05, 0.1) is 6.61 Å². The SMILES string of the molecule is CCCCCCCCCCCCCCCCOc1ccc(C(=O)CO)cc1. The van der Waals surface area contributed by atoms with E-state index in [4.69, 9.17) is 9.84 Å². The van der Waals surface area contributed by atoms with Gasteiger partial charge >= 0.3 is 0 Å². The van der Waals surface area contributed by atoms with E-state index in [1.165, 1.54) is 83.5 Å². The second-order valence-corrected chi connectivity index (χ2v) is 7.55. The van der Waals surface area contributed by atoms with Gasteiger partial charge in [-0.05, 0) is 30.7 Å². The van der Waals surface area contributed by atoms with E-state index >= 15 is 0 Å². The Kier molecular flexibility index (Phi) is 14.7. The van der Waals surface area contributed by atoms with Gasteiger partial charge < -0.3 is 9.84 Å². The molecule has 0 heterocycles. The van der Waals surface area contributed by atoms with Crippen LogP contribution in [0.1, 0.15) is 107 Å². The second-order valence-electron chi connectivity index (χ2n) is 7.55. The third-order valence-electron chi connectivity index (χ3n) is 5.09. The molecule has 27 heavy (non-hydrogen) atoms. The highest BCUT2D eigenvalue weighted by Gasteiger charge is 2.03. The Hall–Kier alpha value is -1.35. The summed E-state index contributed by atoms with van der Waals surface area (Å²) in [4.78, 5) is 11.3. The third kappa shape index (κ3) is 12.6. The molecule has 0 aliphatic carbocycles. The van der Waals surface area contributed by atoms with E-state index in [1.807, 2.05) is 0 Å². The zero-order chi connectivity index (χ0) is 19.6. The summed E-state index contributed by atoms with van der Waals surface area (Å²) in [6.45, 7) is 2.56. The number of rotatable bonds is 18. The summed E-state index contributed by atoms with van der Waals surface area (Å²) in [6.07, 6.45) is 19.0. The average molecular weight is 377 g/mol. The lowest BCUT2D eigenvalue weighted by Crippen LogP contribution is -2.04. The number of Topliss-reactive ketones (excluding diaryl/α,β-unsaturated/α-hetero) is 1. The maximum Gasteiger partial charge on any atom is 0.188 e. The van der Waals surface area contributed by atoms with Crippen molar-refractivity contribution in [2.75, 3.05) is 13.2 Å². The van der Waals surface area contributed by atoms with Crippen molar-refractivity contribution < 1.29 is 14.6 Å². The number of aliphatic hydroxyl groups excluding tert-OH is 1. The van der Waals surface area contributed by atoms with Gasteiger partial charge in [-0.2, -0.15) is 0 Å². The fourth-order valence-electron chi connectivity index (χ4n) is 3.31. The first-order valence-corrected chi connectivity index (χ1v) is 11.1. The van der Waals surface area contributed by atoms with Gasteiger partial charge in [0.15, 0.2) is 5.78 Å². The van der Waals surface area contributed by atoms with Crippen molar-refractivity contribution in [3.63, 3.8) is 0 Å². The zero-order valence-corrected chi connectivity index (χ0v) is 17.4. The average Bonchev–Trinajstić information content (AvgIpc) is 2.70. The summed E-state index contributed by atoms with van der Waals surface area (Å²) in [7, 11) is 0. The van der Waals surface area contributed by atoms with Crippen LogP contribution in [0.5, 0.6) is 5.75 Å². The van der Waals surface area contributed by atoms with E-state index in [-0.39, 0.29) is 5.78 Å². The van der Waals surface area contributed by atoms with Gasteiger partial charge in [-0.3, -0.25) is 4.79 Å². The lowest BCUT2D eigenvalue weighted by Gasteiger charge is -2.07. The molecule has 3 nitrogen and oxygen atoms in total. The molecule has 1 rings (SSSR count). The molecule has 0 fully saturated rings. The molecule has 154 valence electrons. The number of benzene rings is 1. The van der Waals surface area contributed by atoms with Crippen molar-refractivity contribution in [2.24, 2.45) is 0 Å². The molecule has 0 radical (unpaired) electrons. The fraction of sp³-hybridized carbons (Fsp3) is 0.708. The predicted molar refractivity (Wildman–Crippen MR) is 114 cm³/mol. The monoisotopic (exact) mass is 376 g/mol. The van der Waals surface area contributed by atoms with Crippen LogP contribution in [0, 0.1) is 0 Å². The largest absolute Gasteiger partial charge is 0.494 e. The zero-order valence-electron chi connectivity index (χ0n) is 17.4. The van der Waals surface area contributed by atoms with E-state index in [2.05, 4.69) is 6.92 Å². The van der Waals surface area contributed by atoms with Crippen molar-refractivity contribution in [3.05, 3.63) is 29.8 Å². The number of hydrogen-bond acceptors (Lipinski definition) is 3. The van der Waals surface area contributed by atoms with Gasteiger partial charge in [-0.1, -0.05) is 90.4 Å². The van der Waals surface area contributed by atoms with E-state index in [0.29, 0.717) is 5.56 Å². The molecule has 0 aliphatic rings. The number of aliphatic hydroxyl groups is 1. The Morgan fingerprint density at radius 2 is 1.19 bits per heavy atom. The van der Waals surface area contributed by atoms with Gasteiger partial charge in [-0.15, -0.1) is 0 Å². The van der Waals surface area contributed by atoms with Crippen LogP contribution in [0.4, 0.5) is 0 Å². The van der Waals surface area contributed by atoms with E-state index in [1.54, 1.807) is 24.3 Å². The summed E-state index contributed by atoms with van der Waals surface area (Å²) in [5.74, 6) is 0.535. The highest BCUT2D eigenvalue weighted by molar-refractivity contribution is 5.96. The van der Waals surface area contributed by atoms with Crippen molar-refractivity contribution in [1.82, 2.24) is 0 Å². The molecule has 0 saturated heterocycles. The molecular weight excluding hydrogens is 336 g/mol. The number of carbonyl (C=O) groups excluding carboxylic acids is 1. The van der Waals surface area contributed by atoms with Crippen molar-refractivity contribution in [1.29, 1.82) is 0 Å². The molecule has 0 aliphatic heterocycles. The summed E-state index contributed by atoms with van der Waals surface area (Å²) in [6, 6.07) is 7.01. The first-order chi connectivity index (χ1) is 13.3. The maximum absolute atomic E-state index is 11.3. The van der Waals surface area contributed by atoms with Crippen molar-refractivity contribution in [3.8, 4) is 5.75 Å². The molecular formula is C24H40O3. The van der Waals surface area contributed by atoms with Gasteiger partial charge in [0.2, 0.25) is 0 Å². The Bertz CT molecular complexity index is 467. The van der Waals surface area contributed by atoms with Crippen molar-refractivity contribution >= 4 is 5.78 Å². The topological polar surface area (TPSA) is 46.5 Å². The molecule has 1 aromatic rings. The van der Waals surface area contributed by atoms with Crippen LogP contribution in [0.3, 0.4) is 0 Å². The quantitative estimate of drug-likeness (QED) is 0.228. The lowest BCUT2D eigenvalue weighted by molar-refractivity contribution is 0.0903. The van der Waals surface area contributed by atoms with E-state index < -0.39 is 6.61 Å². The Balaban J connectivity index is 1.86. The highest BCUT2D eigenvalue weighted by Crippen LogP contribution is 2.15. The van der Waals surface area contributed by atoms with Crippen LogP contribution in [0.25, 0.3) is 0 Å². The first-order valence-electron chi connectivity index (χ1n) is 11.1. The fourth-order valence-corrected chi connectivity index (χ4v) is 3.31. The molecule has 0 aromatic heterocycles. The Morgan fingerprint density at radius 3 is 1.63 bits per heavy atom. The van der Waals surface area contributed by atoms with Crippen LogP contribution < -0.4 is 4.74 Å². The summed E-state index contributed by atoms with van der Waals surface area (Å²) in [5, 5.41) is 8.83. The smallest absolute Gasteiger partial charge is 0.188 e. The Labute approximate surface area is 166 Å². The second kappa shape index (κ2) is 16.8. The molecule has 1 N–H and O–H groups in total. The number of ketones is 1. The van der Waals surface area contributed by atoms with Gasteiger partial charge in [-0.25, -0.2) is 0 Å². The Morgan fingerprint density at radius 1 is 0.741 bits per heavy atom. The molecule has 0 unspecified atom stereocenters. The molecule has 0 saturated carbocycles. The van der Waals surface area contributed by atoms with E-state index in [0.717, 1.165) is 18.8 Å². The van der Waals surface area contributed by atoms with Crippen LogP contribution >= 0.6 is 0 Å². The molecule has 3 heteroatoms. The molecule has 0 atom stereocenters. The van der Waals surface area contributed by atoms with E-state index in [9.17, 15) is 4.79 Å². The van der Waals surface area contributed by atoms with Gasteiger partial charge in [0.1, 0.15) is 12.4 Å². The predicted octanol–water partition coefficient (Wildman–Crippen LogP) is 6.72. The molecule has 0 spiro atoms. The minimum Gasteiger partial charge on any atom is -0.494 e. The van der Waals surface area contributed by atoms with Gasteiger partial charge in [0.25, 0.3) is 0 Å². The third-order valence-corrected chi connectivity index (χ3v) is 5.09. The number of carbonyl (C=O) groups is 1. The highest BCUT2D eigenvalue weighted by atomic mass is 16.5.